The highest BCUT2D eigenvalue weighted by Crippen LogP contribution is 2.17. The van der Waals surface area contributed by atoms with Crippen molar-refractivity contribution in [3.63, 3.8) is 0 Å². The molecule has 26 heavy (non-hydrogen) atoms. The molecule has 0 radical (unpaired) electrons. The maximum Gasteiger partial charge on any atom is 0.241 e. The lowest BCUT2D eigenvalue weighted by Gasteiger charge is -2.13. The Hall–Kier alpha value is -2.10. The number of anilines is 1. The van der Waals surface area contributed by atoms with E-state index in [1.807, 2.05) is 18.2 Å². The van der Waals surface area contributed by atoms with Crippen LogP contribution in [-0.4, -0.2) is 42.4 Å². The van der Waals surface area contributed by atoms with Crippen molar-refractivity contribution in [3.8, 4) is 0 Å². The molecule has 2 rings (SSSR count). The van der Waals surface area contributed by atoms with Gasteiger partial charge >= 0.3 is 0 Å². The number of amides is 1. The first kappa shape index (κ1) is 20.2. The van der Waals surface area contributed by atoms with Gasteiger partial charge in [0.05, 0.1) is 6.54 Å². The van der Waals surface area contributed by atoms with E-state index >= 15 is 0 Å². The fraction of sp³-hybridized carbons (Fsp3) is 0.353. The molecule has 1 aromatic carbocycles. The zero-order valence-electron chi connectivity index (χ0n) is 14.8. The smallest absolute Gasteiger partial charge is 0.241 e. The van der Waals surface area contributed by atoms with Gasteiger partial charge in [0.25, 0.3) is 0 Å². The molecular weight excluding hydrogens is 372 g/mol. The first-order valence-electron chi connectivity index (χ1n) is 8.22. The predicted molar refractivity (Wildman–Crippen MR) is 104 cm³/mol. The van der Waals surface area contributed by atoms with Crippen molar-refractivity contribution in [2.45, 2.75) is 26.2 Å². The Morgan fingerprint density at radius 3 is 2.69 bits per heavy atom. The van der Waals surface area contributed by atoms with Crippen molar-refractivity contribution < 1.29 is 13.2 Å². The Morgan fingerprint density at radius 1 is 1.27 bits per heavy atom. The van der Waals surface area contributed by atoms with Gasteiger partial charge in [-0.3, -0.25) is 10.1 Å². The molecule has 0 aliphatic carbocycles. The summed E-state index contributed by atoms with van der Waals surface area (Å²) in [4.78, 5) is 12.1. The molecule has 9 heteroatoms. The first-order chi connectivity index (χ1) is 12.4. The monoisotopic (exact) mass is 394 g/mol. The number of nitrogens with zero attached hydrogens (tertiary/aromatic N) is 3. The lowest BCUT2D eigenvalue weighted by atomic mass is 10.2. The van der Waals surface area contributed by atoms with Crippen LogP contribution in [0.25, 0.3) is 6.08 Å². The molecule has 0 bridgehead atoms. The zero-order valence-corrected chi connectivity index (χ0v) is 16.4. The van der Waals surface area contributed by atoms with E-state index in [4.69, 9.17) is 0 Å². The van der Waals surface area contributed by atoms with Crippen LogP contribution in [0.2, 0.25) is 0 Å². The van der Waals surface area contributed by atoms with Crippen molar-refractivity contribution >= 4 is 38.5 Å². The van der Waals surface area contributed by atoms with Crippen LogP contribution in [0.4, 0.5) is 5.13 Å². The molecule has 0 saturated carbocycles. The summed E-state index contributed by atoms with van der Waals surface area (Å²) in [6.07, 6.45) is 4.38. The number of sulfonamides is 1. The second kappa shape index (κ2) is 9.56. The topological polar surface area (TPSA) is 92.3 Å². The standard InChI is InChI=1S/C17H22N4O3S2/c1-3-4-10-16-19-20-17(25-16)18-15(22)13-21(2)26(23,24)12-11-14-8-6-5-7-9-14/h5-9,11-12H,3-4,10,13H2,1-2H3,(H,18,20,22)/b12-11+. The van der Waals surface area contributed by atoms with Gasteiger partial charge < -0.3 is 0 Å². The van der Waals surface area contributed by atoms with Crippen LogP contribution in [0.1, 0.15) is 30.3 Å². The summed E-state index contributed by atoms with van der Waals surface area (Å²) in [5.74, 6) is -0.456. The number of aryl methyl sites for hydroxylation is 1. The highest BCUT2D eigenvalue weighted by molar-refractivity contribution is 7.92. The van der Waals surface area contributed by atoms with Crippen molar-refractivity contribution in [3.05, 3.63) is 46.3 Å². The number of likely N-dealkylation sites (N-methyl/N-ethyl adjacent to an activating group) is 1. The Labute approximate surface area is 157 Å². The highest BCUT2D eigenvalue weighted by Gasteiger charge is 2.18. The molecule has 1 aromatic heterocycles. The molecule has 0 unspecified atom stereocenters. The molecule has 1 N–H and O–H groups in total. The molecule has 7 nitrogen and oxygen atoms in total. The van der Waals surface area contributed by atoms with Gasteiger partial charge in [0.1, 0.15) is 5.01 Å². The van der Waals surface area contributed by atoms with Crippen molar-refractivity contribution in [2.24, 2.45) is 0 Å². The van der Waals surface area contributed by atoms with Gasteiger partial charge in [-0.25, -0.2) is 8.42 Å². The normalized spacial score (nSPS) is 12.0. The number of benzene rings is 1. The summed E-state index contributed by atoms with van der Waals surface area (Å²) < 4.78 is 25.5. The third-order valence-corrected chi connectivity index (χ3v) is 5.87. The minimum atomic E-state index is -3.69. The van der Waals surface area contributed by atoms with Gasteiger partial charge in [0.15, 0.2) is 0 Å². The number of aromatic nitrogens is 2. The number of hydrogen-bond acceptors (Lipinski definition) is 6. The largest absolute Gasteiger partial charge is 0.299 e. The van der Waals surface area contributed by atoms with Crippen LogP contribution < -0.4 is 5.32 Å². The van der Waals surface area contributed by atoms with Crippen LogP contribution in [-0.2, 0) is 21.2 Å². The average Bonchev–Trinajstić information content (AvgIpc) is 3.06. The molecule has 2 aromatic rings. The molecule has 0 aliphatic heterocycles. The molecule has 1 heterocycles. The molecule has 0 fully saturated rings. The molecule has 140 valence electrons. The summed E-state index contributed by atoms with van der Waals surface area (Å²) >= 11 is 1.31. The third-order valence-electron chi connectivity index (χ3n) is 3.49. The zero-order chi connectivity index (χ0) is 19.0. The van der Waals surface area contributed by atoms with E-state index in [9.17, 15) is 13.2 Å². The molecule has 1 amide bonds. The Balaban J connectivity index is 1.91. The summed E-state index contributed by atoms with van der Waals surface area (Å²) in [5.41, 5.74) is 0.766. The van der Waals surface area contributed by atoms with E-state index < -0.39 is 15.9 Å². The molecule has 0 aliphatic rings. The van der Waals surface area contributed by atoms with Gasteiger partial charge in [-0.15, -0.1) is 10.2 Å². The maximum absolute atomic E-state index is 12.2. The summed E-state index contributed by atoms with van der Waals surface area (Å²) in [6.45, 7) is 1.79. The Morgan fingerprint density at radius 2 is 2.00 bits per heavy atom. The van der Waals surface area contributed by atoms with Crippen molar-refractivity contribution in [2.75, 3.05) is 18.9 Å². The van der Waals surface area contributed by atoms with E-state index in [-0.39, 0.29) is 6.54 Å². The Kier molecular flexibility index (Phi) is 7.43. The maximum atomic E-state index is 12.2. The van der Waals surface area contributed by atoms with Crippen LogP contribution in [0, 0.1) is 0 Å². The number of hydrogen-bond donors (Lipinski definition) is 1. The second-order valence-corrected chi connectivity index (χ2v) is 8.65. The quantitative estimate of drug-likeness (QED) is 0.706. The van der Waals surface area contributed by atoms with Gasteiger partial charge in [0.2, 0.25) is 21.1 Å². The lowest BCUT2D eigenvalue weighted by Crippen LogP contribution is -2.33. The van der Waals surface area contributed by atoms with Crippen LogP contribution in [0.15, 0.2) is 35.7 Å². The van der Waals surface area contributed by atoms with Crippen molar-refractivity contribution in [1.29, 1.82) is 0 Å². The Bertz CT molecular complexity index is 848. The first-order valence-corrected chi connectivity index (χ1v) is 10.5. The summed E-state index contributed by atoms with van der Waals surface area (Å²) in [6, 6.07) is 9.08. The SMILES string of the molecule is CCCCc1nnc(NC(=O)CN(C)S(=O)(=O)/C=C/c2ccccc2)s1. The summed E-state index contributed by atoms with van der Waals surface area (Å²) in [7, 11) is -2.34. The van der Waals surface area contributed by atoms with Crippen LogP contribution in [0.3, 0.4) is 0 Å². The molecule has 0 spiro atoms. The van der Waals surface area contributed by atoms with Gasteiger partial charge in [0, 0.05) is 18.9 Å². The van der Waals surface area contributed by atoms with Crippen molar-refractivity contribution in [1.82, 2.24) is 14.5 Å². The fourth-order valence-corrected chi connectivity index (χ4v) is 3.65. The predicted octanol–water partition coefficient (Wildman–Crippen LogP) is 2.75. The van der Waals surface area contributed by atoms with Crippen LogP contribution >= 0.6 is 11.3 Å². The number of rotatable bonds is 9. The molecule has 0 saturated heterocycles. The minimum absolute atomic E-state index is 0.300. The molecule has 0 atom stereocenters. The summed E-state index contributed by atoms with van der Waals surface area (Å²) in [5, 5.41) is 12.8. The van der Waals surface area contributed by atoms with E-state index in [1.54, 1.807) is 12.1 Å². The number of carbonyl (C=O) groups is 1. The average molecular weight is 395 g/mol. The van der Waals surface area contributed by atoms with Crippen LogP contribution in [0.5, 0.6) is 0 Å². The van der Waals surface area contributed by atoms with E-state index in [2.05, 4.69) is 22.4 Å². The minimum Gasteiger partial charge on any atom is -0.299 e. The third kappa shape index (κ3) is 6.32. The highest BCUT2D eigenvalue weighted by atomic mass is 32.2. The fourth-order valence-electron chi connectivity index (χ4n) is 2.02. The van der Waals surface area contributed by atoms with E-state index in [1.165, 1.54) is 24.5 Å². The van der Waals surface area contributed by atoms with Gasteiger partial charge in [-0.05, 0) is 18.1 Å². The van der Waals surface area contributed by atoms with E-state index in [0.29, 0.717) is 5.13 Å². The lowest BCUT2D eigenvalue weighted by molar-refractivity contribution is -0.116. The number of carbonyl (C=O) groups excluding carboxylic acids is 1. The van der Waals surface area contributed by atoms with E-state index in [0.717, 1.165) is 39.5 Å². The number of unbranched alkanes of at least 4 members (excludes halogenated alkanes) is 1. The molecular formula is C17H22N4O3S2. The van der Waals surface area contributed by atoms with Gasteiger partial charge in [-0.2, -0.15) is 4.31 Å². The van der Waals surface area contributed by atoms with Gasteiger partial charge in [-0.1, -0.05) is 55.0 Å². The second-order valence-electron chi connectivity index (χ2n) is 5.67. The number of nitrogens with one attached hydrogen (secondary N) is 1.